The molecule has 1 N–H and O–H groups in total. The van der Waals surface area contributed by atoms with E-state index in [-0.39, 0.29) is 21.4 Å². The van der Waals surface area contributed by atoms with E-state index in [4.69, 9.17) is 32.5 Å². The van der Waals surface area contributed by atoms with Gasteiger partial charge in [-0.1, -0.05) is 29.3 Å². The molecule has 3 rings (SSSR count). The first-order valence-electron chi connectivity index (χ1n) is 6.99. The van der Waals surface area contributed by atoms with Crippen LogP contribution >= 0.6 is 23.2 Å². The molecule has 0 spiro atoms. The van der Waals surface area contributed by atoms with Gasteiger partial charge in [0, 0.05) is 12.1 Å². The fraction of sp³-hybridized carbons (Fsp3) is 0.0625. The zero-order valence-corrected chi connectivity index (χ0v) is 14.3. The van der Waals surface area contributed by atoms with Crippen LogP contribution in [0.15, 0.2) is 56.8 Å². The Morgan fingerprint density at radius 1 is 1.24 bits per heavy atom. The van der Waals surface area contributed by atoms with Crippen molar-refractivity contribution in [2.75, 3.05) is 7.11 Å². The van der Waals surface area contributed by atoms with Crippen LogP contribution in [-0.2, 0) is 0 Å². The third-order valence-electron chi connectivity index (χ3n) is 3.33. The van der Waals surface area contributed by atoms with Gasteiger partial charge < -0.3 is 9.84 Å². The van der Waals surface area contributed by atoms with Crippen molar-refractivity contribution in [3.63, 3.8) is 0 Å². The lowest BCUT2D eigenvalue weighted by molar-refractivity contribution is -0.673. The van der Waals surface area contributed by atoms with Gasteiger partial charge in [-0.3, -0.25) is 9.52 Å². The summed E-state index contributed by atoms with van der Waals surface area (Å²) in [5.41, 5.74) is -0.521. The molecular formula is C16H11Cl2N3O4. The molecule has 7 nitrogen and oxygen atoms in total. The van der Waals surface area contributed by atoms with Crippen molar-refractivity contribution in [2.45, 2.75) is 0 Å². The topological polar surface area (TPSA) is 94.5 Å². The van der Waals surface area contributed by atoms with Crippen LogP contribution in [0.4, 0.5) is 5.69 Å². The predicted molar refractivity (Wildman–Crippen MR) is 90.1 cm³/mol. The quantitative estimate of drug-likeness (QED) is 0.426. The smallest absolute Gasteiger partial charge is 0.436 e. The average Bonchev–Trinajstić information content (AvgIpc) is 3.00. The van der Waals surface area contributed by atoms with Gasteiger partial charge in [-0.2, -0.15) is 0 Å². The number of hydrogen-bond donors (Lipinski definition) is 1. The van der Waals surface area contributed by atoms with Gasteiger partial charge >= 0.3 is 11.3 Å². The van der Waals surface area contributed by atoms with E-state index < -0.39 is 11.5 Å². The number of aromatic amines is 1. The molecule has 0 saturated carbocycles. The molecule has 3 aromatic rings. The summed E-state index contributed by atoms with van der Waals surface area (Å²) in [5, 5.41) is 15.2. The van der Waals surface area contributed by atoms with E-state index >= 15 is 0 Å². The zero-order chi connectivity index (χ0) is 18.0. The number of methoxy groups -OCH3 is 1. The van der Waals surface area contributed by atoms with E-state index in [1.165, 1.54) is 17.9 Å². The number of aromatic nitrogens is 2. The number of hydrogen-bond acceptors (Lipinski definition) is 5. The molecule has 0 saturated heterocycles. The van der Waals surface area contributed by atoms with Crippen molar-refractivity contribution in [2.24, 2.45) is 4.99 Å². The number of nitrogens with zero attached hydrogens (tertiary/aromatic N) is 2. The van der Waals surface area contributed by atoms with Crippen LogP contribution < -0.4 is 20.2 Å². The minimum absolute atomic E-state index is 0.119. The molecule has 25 heavy (non-hydrogen) atoms. The van der Waals surface area contributed by atoms with Crippen molar-refractivity contribution in [1.29, 1.82) is 0 Å². The molecule has 128 valence electrons. The molecule has 9 heteroatoms. The number of H-pyrrole nitrogens is 1. The van der Waals surface area contributed by atoms with Crippen molar-refractivity contribution in [3.05, 3.63) is 68.6 Å². The monoisotopic (exact) mass is 379 g/mol. The SMILES string of the molecule is COc1ccc(-[n+]2[nH]oc(=O)c2C([O-])=Nc2cccc(Cl)c2Cl)cc1. The number of halogens is 2. The van der Waals surface area contributed by atoms with Gasteiger partial charge in [0.05, 0.1) is 28.7 Å². The first kappa shape index (κ1) is 17.1. The van der Waals surface area contributed by atoms with Crippen molar-refractivity contribution < 1.29 is 19.0 Å². The maximum Gasteiger partial charge on any atom is 0.436 e. The summed E-state index contributed by atoms with van der Waals surface area (Å²) in [6, 6.07) is 11.3. The van der Waals surface area contributed by atoms with Gasteiger partial charge in [-0.15, -0.1) is 0 Å². The summed E-state index contributed by atoms with van der Waals surface area (Å²) >= 11 is 11.9. The number of aliphatic imine (C=N–C) groups is 1. The summed E-state index contributed by atoms with van der Waals surface area (Å²) in [4.78, 5) is 15.8. The molecule has 0 aliphatic carbocycles. The Kier molecular flexibility index (Phi) is 4.78. The maximum atomic E-state index is 12.5. The number of benzene rings is 2. The molecule has 0 radical (unpaired) electrons. The van der Waals surface area contributed by atoms with Crippen LogP contribution in [0.1, 0.15) is 5.69 Å². The lowest BCUT2D eigenvalue weighted by Gasteiger charge is -2.06. The van der Waals surface area contributed by atoms with Gasteiger partial charge in [0.1, 0.15) is 5.75 Å². The van der Waals surface area contributed by atoms with Crippen molar-refractivity contribution in [3.8, 4) is 11.4 Å². The van der Waals surface area contributed by atoms with Gasteiger partial charge in [-0.05, 0) is 34.2 Å². The summed E-state index contributed by atoms with van der Waals surface area (Å²) in [5.74, 6) is -0.201. The Balaban J connectivity index is 2.08. The number of rotatable bonds is 4. The normalized spacial score (nSPS) is 11.6. The van der Waals surface area contributed by atoms with E-state index in [1.807, 2.05) is 0 Å². The summed E-state index contributed by atoms with van der Waals surface area (Å²) in [6.45, 7) is 0. The Labute approximate surface area is 151 Å². The van der Waals surface area contributed by atoms with Crippen LogP contribution in [0.2, 0.25) is 10.0 Å². The first-order chi connectivity index (χ1) is 12.0. The van der Waals surface area contributed by atoms with Crippen molar-refractivity contribution in [1.82, 2.24) is 5.27 Å². The molecule has 0 atom stereocenters. The standard InChI is InChI=1S/C16H11Cl2N3O4/c1-24-10-7-5-9(6-8-10)21-14(16(23)25-20-21)15(22)19-12-4-2-3-11(17)13(12)18/h2-8H,1H3,(H-,19,20,22,23). The summed E-state index contributed by atoms with van der Waals surface area (Å²) in [7, 11) is 1.53. The Bertz CT molecular complexity index is 993. The van der Waals surface area contributed by atoms with E-state index in [2.05, 4.69) is 10.3 Å². The summed E-state index contributed by atoms with van der Waals surface area (Å²) < 4.78 is 11.0. The largest absolute Gasteiger partial charge is 0.854 e. The lowest BCUT2D eigenvalue weighted by atomic mass is 10.3. The highest BCUT2D eigenvalue weighted by molar-refractivity contribution is 6.43. The molecule has 0 unspecified atom stereocenters. The molecule has 1 aromatic heterocycles. The molecule has 2 aromatic carbocycles. The van der Waals surface area contributed by atoms with Crippen LogP contribution in [-0.4, -0.2) is 18.3 Å². The van der Waals surface area contributed by atoms with E-state index in [1.54, 1.807) is 36.4 Å². The van der Waals surface area contributed by atoms with Crippen molar-refractivity contribution >= 4 is 34.8 Å². The van der Waals surface area contributed by atoms with Gasteiger partial charge in [0.25, 0.3) is 0 Å². The highest BCUT2D eigenvalue weighted by Crippen LogP contribution is 2.31. The Morgan fingerprint density at radius 2 is 1.96 bits per heavy atom. The molecule has 0 aliphatic rings. The average molecular weight is 380 g/mol. The first-order valence-corrected chi connectivity index (χ1v) is 7.75. The van der Waals surface area contributed by atoms with E-state index in [0.717, 1.165) is 0 Å². The van der Waals surface area contributed by atoms with Crippen LogP contribution in [0, 0.1) is 0 Å². The lowest BCUT2D eigenvalue weighted by Crippen LogP contribution is -2.44. The third kappa shape index (κ3) is 3.38. The number of nitrogens with one attached hydrogen (secondary N) is 1. The van der Waals surface area contributed by atoms with E-state index in [0.29, 0.717) is 11.4 Å². The second-order valence-electron chi connectivity index (χ2n) is 4.85. The van der Waals surface area contributed by atoms with Gasteiger partial charge in [0.15, 0.2) is 0 Å². The van der Waals surface area contributed by atoms with E-state index in [9.17, 15) is 9.90 Å². The van der Waals surface area contributed by atoms with Crippen LogP contribution in [0.5, 0.6) is 5.75 Å². The van der Waals surface area contributed by atoms with Crippen LogP contribution in [0.25, 0.3) is 5.69 Å². The zero-order valence-electron chi connectivity index (χ0n) is 12.8. The fourth-order valence-electron chi connectivity index (χ4n) is 2.11. The minimum Gasteiger partial charge on any atom is -0.854 e. The Morgan fingerprint density at radius 3 is 2.64 bits per heavy atom. The molecule has 0 amide bonds. The third-order valence-corrected chi connectivity index (χ3v) is 4.14. The molecule has 0 fully saturated rings. The second-order valence-corrected chi connectivity index (χ2v) is 5.64. The van der Waals surface area contributed by atoms with Crippen LogP contribution in [0.3, 0.4) is 0 Å². The molecule has 0 aliphatic heterocycles. The molecular weight excluding hydrogens is 369 g/mol. The molecule has 1 heterocycles. The predicted octanol–water partition coefficient (Wildman–Crippen LogP) is 2.00. The second kappa shape index (κ2) is 7.00. The minimum atomic E-state index is -0.859. The number of ether oxygens (including phenoxy) is 1. The van der Waals surface area contributed by atoms with Gasteiger partial charge in [-0.25, -0.2) is 4.79 Å². The maximum absolute atomic E-state index is 12.5. The Hall–Kier alpha value is -2.77. The fourth-order valence-corrected chi connectivity index (χ4v) is 2.45. The van der Waals surface area contributed by atoms with Gasteiger partial charge in [0.2, 0.25) is 5.69 Å². The highest BCUT2D eigenvalue weighted by atomic mass is 35.5. The summed E-state index contributed by atoms with van der Waals surface area (Å²) in [6.07, 6.45) is 0. The highest BCUT2D eigenvalue weighted by Gasteiger charge is 2.24. The molecule has 0 bridgehead atoms.